The molecule has 0 amide bonds. The second-order valence-corrected chi connectivity index (χ2v) is 8.71. The molecule has 5 heteroatoms. The van der Waals surface area contributed by atoms with E-state index in [1.165, 1.54) is 5.56 Å². The first-order valence-corrected chi connectivity index (χ1v) is 11.2. The molecule has 33 heavy (non-hydrogen) atoms. The lowest BCUT2D eigenvalue weighted by molar-refractivity contribution is -0.140. The predicted octanol–water partition coefficient (Wildman–Crippen LogP) is 5.72. The maximum atomic E-state index is 11.6. The molecule has 1 aliphatic rings. The van der Waals surface area contributed by atoms with Gasteiger partial charge in [0.25, 0.3) is 0 Å². The number of carboxylic acids is 1. The number of carboxylic acid groups (broad SMARTS) is 1. The summed E-state index contributed by atoms with van der Waals surface area (Å²) >= 11 is 0. The Bertz CT molecular complexity index is 1260. The molecule has 1 saturated carbocycles. The minimum atomic E-state index is -0.726. The van der Waals surface area contributed by atoms with Gasteiger partial charge >= 0.3 is 5.97 Å². The summed E-state index contributed by atoms with van der Waals surface area (Å²) in [6.07, 6.45) is 1.44. The normalized spacial score (nSPS) is 14.2. The SMILES string of the molecule is Cc1noc(-c2ccc(-c3ccc(C4(C(=O)O)CC4)cc3)cc2)c1CNCc1ccccc1. The fraction of sp³-hybridized carbons (Fsp3) is 0.214. The first-order chi connectivity index (χ1) is 16.1. The second-order valence-electron chi connectivity index (χ2n) is 8.71. The highest BCUT2D eigenvalue weighted by Gasteiger charge is 2.51. The van der Waals surface area contributed by atoms with Crippen molar-refractivity contribution in [2.75, 3.05) is 0 Å². The summed E-state index contributed by atoms with van der Waals surface area (Å²) in [6, 6.07) is 26.4. The van der Waals surface area contributed by atoms with E-state index in [9.17, 15) is 9.90 Å². The Morgan fingerprint density at radius 1 is 0.909 bits per heavy atom. The van der Waals surface area contributed by atoms with Gasteiger partial charge in [0.1, 0.15) is 0 Å². The molecular weight excluding hydrogens is 412 g/mol. The van der Waals surface area contributed by atoms with E-state index in [0.717, 1.165) is 58.7 Å². The molecule has 166 valence electrons. The van der Waals surface area contributed by atoms with Crippen LogP contribution >= 0.6 is 0 Å². The molecule has 1 aliphatic carbocycles. The van der Waals surface area contributed by atoms with Crippen LogP contribution in [0.1, 0.15) is 35.2 Å². The Morgan fingerprint density at radius 3 is 2.12 bits per heavy atom. The number of hydrogen-bond acceptors (Lipinski definition) is 4. The molecule has 0 saturated heterocycles. The zero-order valence-electron chi connectivity index (χ0n) is 18.5. The number of nitrogens with one attached hydrogen (secondary N) is 1. The zero-order valence-corrected chi connectivity index (χ0v) is 18.5. The average molecular weight is 439 g/mol. The van der Waals surface area contributed by atoms with Gasteiger partial charge in [0.2, 0.25) is 0 Å². The smallest absolute Gasteiger partial charge is 0.314 e. The van der Waals surface area contributed by atoms with E-state index in [1.807, 2.05) is 61.5 Å². The Balaban J connectivity index is 1.30. The maximum absolute atomic E-state index is 11.6. The van der Waals surface area contributed by atoms with Gasteiger partial charge in [0.05, 0.1) is 11.1 Å². The van der Waals surface area contributed by atoms with E-state index in [-0.39, 0.29) is 0 Å². The molecule has 5 rings (SSSR count). The van der Waals surface area contributed by atoms with Crippen LogP contribution in [-0.2, 0) is 23.3 Å². The molecule has 0 unspecified atom stereocenters. The molecule has 4 aromatic rings. The quantitative estimate of drug-likeness (QED) is 0.368. The predicted molar refractivity (Wildman–Crippen MR) is 128 cm³/mol. The minimum Gasteiger partial charge on any atom is -0.481 e. The number of nitrogens with zero attached hydrogens (tertiary/aromatic N) is 1. The van der Waals surface area contributed by atoms with Crippen molar-refractivity contribution in [3.8, 4) is 22.5 Å². The van der Waals surface area contributed by atoms with Crippen molar-refractivity contribution in [1.29, 1.82) is 0 Å². The van der Waals surface area contributed by atoms with E-state index in [1.54, 1.807) is 0 Å². The van der Waals surface area contributed by atoms with Crippen molar-refractivity contribution in [1.82, 2.24) is 10.5 Å². The first-order valence-electron chi connectivity index (χ1n) is 11.2. The third-order valence-corrected chi connectivity index (χ3v) is 6.54. The van der Waals surface area contributed by atoms with Crippen LogP contribution in [0.5, 0.6) is 0 Å². The summed E-state index contributed by atoms with van der Waals surface area (Å²) in [6.45, 7) is 3.42. The number of benzene rings is 3. The van der Waals surface area contributed by atoms with Crippen LogP contribution in [0.15, 0.2) is 83.4 Å². The Morgan fingerprint density at radius 2 is 1.52 bits per heavy atom. The number of carbonyl (C=O) groups is 1. The lowest BCUT2D eigenvalue weighted by atomic mass is 9.93. The van der Waals surface area contributed by atoms with E-state index in [2.05, 4.69) is 34.7 Å². The highest BCUT2D eigenvalue weighted by Crippen LogP contribution is 2.48. The molecule has 2 N–H and O–H groups in total. The number of aromatic nitrogens is 1. The summed E-state index contributed by atoms with van der Waals surface area (Å²) in [4.78, 5) is 11.6. The number of rotatable bonds is 8. The lowest BCUT2D eigenvalue weighted by Gasteiger charge is -2.11. The van der Waals surface area contributed by atoms with Crippen LogP contribution in [0, 0.1) is 6.92 Å². The van der Waals surface area contributed by atoms with E-state index < -0.39 is 11.4 Å². The van der Waals surface area contributed by atoms with Crippen molar-refractivity contribution in [3.05, 3.63) is 101 Å². The van der Waals surface area contributed by atoms with Crippen molar-refractivity contribution in [2.24, 2.45) is 0 Å². The molecule has 1 aromatic heterocycles. The number of aliphatic carboxylic acids is 1. The average Bonchev–Trinajstić information content (AvgIpc) is 3.59. The molecule has 0 atom stereocenters. The van der Waals surface area contributed by atoms with Gasteiger partial charge in [-0.25, -0.2) is 0 Å². The molecule has 3 aromatic carbocycles. The van der Waals surface area contributed by atoms with Gasteiger partial charge in [0.15, 0.2) is 5.76 Å². The summed E-state index contributed by atoms with van der Waals surface area (Å²) in [5.41, 5.74) is 6.52. The second kappa shape index (κ2) is 8.68. The Hall–Kier alpha value is -3.70. The summed E-state index contributed by atoms with van der Waals surface area (Å²) < 4.78 is 5.67. The van der Waals surface area contributed by atoms with Crippen molar-refractivity contribution < 1.29 is 14.4 Å². The highest BCUT2D eigenvalue weighted by atomic mass is 16.5. The van der Waals surface area contributed by atoms with Gasteiger partial charge in [-0.1, -0.05) is 84.0 Å². The van der Waals surface area contributed by atoms with Crippen LogP contribution in [0.2, 0.25) is 0 Å². The van der Waals surface area contributed by atoms with E-state index in [0.29, 0.717) is 6.54 Å². The fourth-order valence-corrected chi connectivity index (χ4v) is 4.30. The van der Waals surface area contributed by atoms with Crippen LogP contribution in [0.3, 0.4) is 0 Å². The van der Waals surface area contributed by atoms with Gasteiger partial charge in [-0.2, -0.15) is 0 Å². The van der Waals surface area contributed by atoms with Crippen molar-refractivity contribution in [2.45, 2.75) is 38.3 Å². The molecule has 5 nitrogen and oxygen atoms in total. The van der Waals surface area contributed by atoms with Crippen molar-refractivity contribution >= 4 is 5.97 Å². The molecule has 1 fully saturated rings. The van der Waals surface area contributed by atoms with Gasteiger partial charge in [0, 0.05) is 24.2 Å². The first kappa shape index (κ1) is 21.2. The van der Waals surface area contributed by atoms with Gasteiger partial charge in [-0.3, -0.25) is 4.79 Å². The van der Waals surface area contributed by atoms with Gasteiger partial charge < -0.3 is 14.9 Å². The molecule has 0 radical (unpaired) electrons. The molecule has 1 heterocycles. The topological polar surface area (TPSA) is 75.4 Å². The largest absolute Gasteiger partial charge is 0.481 e. The molecule has 0 spiro atoms. The van der Waals surface area contributed by atoms with Gasteiger partial charge in [-0.05, 0) is 42.0 Å². The summed E-state index contributed by atoms with van der Waals surface area (Å²) in [5, 5.41) is 17.2. The number of aryl methyl sites for hydroxylation is 1. The molecule has 0 bridgehead atoms. The minimum absolute atomic E-state index is 0.669. The lowest BCUT2D eigenvalue weighted by Crippen LogP contribution is -2.19. The standard InChI is InChI=1S/C28H26N2O3/c1-19-25(18-29-17-20-5-3-2-4-6-20)26(33-30-19)23-9-7-21(8-10-23)22-11-13-24(14-12-22)28(15-16-28)27(31)32/h2-14,29H,15-18H2,1H3,(H,31,32). The Labute approximate surface area is 193 Å². The van der Waals surface area contributed by atoms with Gasteiger partial charge in [-0.15, -0.1) is 0 Å². The van der Waals surface area contributed by atoms with E-state index in [4.69, 9.17) is 4.52 Å². The maximum Gasteiger partial charge on any atom is 0.314 e. The third-order valence-electron chi connectivity index (χ3n) is 6.54. The van der Waals surface area contributed by atoms with Crippen LogP contribution in [0.25, 0.3) is 22.5 Å². The monoisotopic (exact) mass is 438 g/mol. The van der Waals surface area contributed by atoms with Crippen LogP contribution < -0.4 is 5.32 Å². The van der Waals surface area contributed by atoms with E-state index >= 15 is 0 Å². The zero-order chi connectivity index (χ0) is 22.8. The van der Waals surface area contributed by atoms with Crippen LogP contribution in [-0.4, -0.2) is 16.2 Å². The Kier molecular flexibility index (Phi) is 5.56. The van der Waals surface area contributed by atoms with Crippen LogP contribution in [0.4, 0.5) is 0 Å². The third kappa shape index (κ3) is 4.20. The summed E-state index contributed by atoms with van der Waals surface area (Å²) in [5.74, 6) is 0.0584. The fourth-order valence-electron chi connectivity index (χ4n) is 4.30. The van der Waals surface area contributed by atoms with Crippen molar-refractivity contribution in [3.63, 3.8) is 0 Å². The highest BCUT2D eigenvalue weighted by molar-refractivity contribution is 5.85. The number of hydrogen-bond donors (Lipinski definition) is 2. The molecule has 0 aliphatic heterocycles. The summed E-state index contributed by atoms with van der Waals surface area (Å²) in [7, 11) is 0. The molecular formula is C28H26N2O3.